The van der Waals surface area contributed by atoms with Crippen LogP contribution < -0.4 is 0 Å². The highest BCUT2D eigenvalue weighted by Gasteiger charge is 2.04. The fourth-order valence-corrected chi connectivity index (χ4v) is 1.83. The van der Waals surface area contributed by atoms with Gasteiger partial charge in [0.05, 0.1) is 12.0 Å². The van der Waals surface area contributed by atoms with Gasteiger partial charge in [-0.15, -0.1) is 0 Å². The van der Waals surface area contributed by atoms with E-state index in [2.05, 4.69) is 26.5 Å². The first-order valence-electron chi connectivity index (χ1n) is 6.47. The summed E-state index contributed by atoms with van der Waals surface area (Å²) < 4.78 is 2.11. The van der Waals surface area contributed by atoms with Crippen LogP contribution >= 0.6 is 0 Å². The summed E-state index contributed by atoms with van der Waals surface area (Å²) in [5, 5.41) is 0. The Kier molecular flexibility index (Phi) is 5.05. The lowest BCUT2D eigenvalue weighted by molar-refractivity contribution is 0.505. The zero-order chi connectivity index (χ0) is 13.3. The first-order chi connectivity index (χ1) is 9.40. The van der Waals surface area contributed by atoms with E-state index in [0.717, 1.165) is 18.5 Å². The second-order valence-corrected chi connectivity index (χ2v) is 4.22. The van der Waals surface area contributed by atoms with Crippen molar-refractivity contribution in [3.63, 3.8) is 0 Å². The molecule has 0 aliphatic carbocycles. The van der Waals surface area contributed by atoms with Crippen LogP contribution in [0.25, 0.3) is 0 Å². The monoisotopic (exact) mass is 254 g/mol. The summed E-state index contributed by atoms with van der Waals surface area (Å²) in [5.74, 6) is 0. The molecule has 0 radical (unpaired) electrons. The van der Waals surface area contributed by atoms with Crippen molar-refractivity contribution in [2.45, 2.75) is 25.8 Å². The number of para-hydroxylation sites is 1. The molecule has 0 spiro atoms. The predicted molar refractivity (Wildman–Crippen MR) is 79.3 cm³/mol. The quantitative estimate of drug-likeness (QED) is 0.573. The average molecular weight is 254 g/mol. The number of aromatic nitrogens is 2. The van der Waals surface area contributed by atoms with E-state index in [9.17, 15) is 0 Å². The number of imidazole rings is 1. The van der Waals surface area contributed by atoms with Crippen LogP contribution in [0.3, 0.4) is 0 Å². The van der Waals surface area contributed by atoms with Gasteiger partial charge in [0, 0.05) is 31.1 Å². The Labute approximate surface area is 113 Å². The molecule has 0 fully saturated rings. The standard InChI is InChI=1S/C15H18N4/c1-2-15(19-11-10-17-13-19)8-9-16-12-18-14-6-4-3-5-7-14/h3-7,9-13,15H,2,8H2,1H3. The molecule has 0 aliphatic rings. The van der Waals surface area contributed by atoms with Crippen LogP contribution in [0.2, 0.25) is 0 Å². The van der Waals surface area contributed by atoms with Gasteiger partial charge in [-0.2, -0.15) is 0 Å². The zero-order valence-corrected chi connectivity index (χ0v) is 11.1. The molecule has 0 amide bonds. The second-order valence-electron chi connectivity index (χ2n) is 4.22. The molecule has 4 nitrogen and oxygen atoms in total. The van der Waals surface area contributed by atoms with E-state index in [0.29, 0.717) is 6.04 Å². The molecule has 98 valence electrons. The topological polar surface area (TPSA) is 42.5 Å². The molecule has 1 aromatic carbocycles. The fourth-order valence-electron chi connectivity index (χ4n) is 1.83. The first-order valence-corrected chi connectivity index (χ1v) is 6.47. The van der Waals surface area contributed by atoms with Gasteiger partial charge in [-0.05, 0) is 18.6 Å². The molecule has 1 atom stereocenters. The van der Waals surface area contributed by atoms with E-state index in [-0.39, 0.29) is 0 Å². The number of rotatable bonds is 6. The van der Waals surface area contributed by atoms with Crippen molar-refractivity contribution in [1.29, 1.82) is 0 Å². The van der Waals surface area contributed by atoms with Gasteiger partial charge in [-0.3, -0.25) is 0 Å². The Morgan fingerprint density at radius 3 is 2.84 bits per heavy atom. The third-order valence-electron chi connectivity index (χ3n) is 2.93. The molecular weight excluding hydrogens is 236 g/mol. The molecule has 1 unspecified atom stereocenters. The number of aliphatic imine (C=N–C) groups is 2. The van der Waals surface area contributed by atoms with Crippen molar-refractivity contribution < 1.29 is 0 Å². The van der Waals surface area contributed by atoms with Gasteiger partial charge in [0.25, 0.3) is 0 Å². The summed E-state index contributed by atoms with van der Waals surface area (Å²) in [5.41, 5.74) is 0.918. The Balaban J connectivity index is 1.84. The normalized spacial score (nSPS) is 13.3. The second kappa shape index (κ2) is 7.26. The molecule has 0 saturated carbocycles. The molecule has 1 aromatic heterocycles. The summed E-state index contributed by atoms with van der Waals surface area (Å²) in [7, 11) is 0. The minimum atomic E-state index is 0.413. The smallest absolute Gasteiger partial charge is 0.115 e. The third kappa shape index (κ3) is 4.17. The summed E-state index contributed by atoms with van der Waals surface area (Å²) in [6, 6.07) is 10.2. The van der Waals surface area contributed by atoms with E-state index >= 15 is 0 Å². The van der Waals surface area contributed by atoms with E-state index in [1.54, 1.807) is 12.5 Å². The third-order valence-corrected chi connectivity index (χ3v) is 2.93. The first kappa shape index (κ1) is 13.2. The molecule has 0 aliphatic heterocycles. The van der Waals surface area contributed by atoms with Crippen LogP contribution in [-0.2, 0) is 0 Å². The molecule has 4 heteroatoms. The van der Waals surface area contributed by atoms with Gasteiger partial charge in [0.2, 0.25) is 0 Å². The average Bonchev–Trinajstić information content (AvgIpc) is 2.98. The highest BCUT2D eigenvalue weighted by Crippen LogP contribution is 2.13. The van der Waals surface area contributed by atoms with E-state index in [4.69, 9.17) is 0 Å². The maximum atomic E-state index is 4.25. The summed E-state index contributed by atoms with van der Waals surface area (Å²) >= 11 is 0. The van der Waals surface area contributed by atoms with Crippen LogP contribution in [-0.4, -0.2) is 22.1 Å². The largest absolute Gasteiger partial charge is 0.334 e. The summed E-state index contributed by atoms with van der Waals surface area (Å²) in [6.07, 6.45) is 11.1. The van der Waals surface area contributed by atoms with Gasteiger partial charge in [0.15, 0.2) is 0 Å². The van der Waals surface area contributed by atoms with Gasteiger partial charge in [-0.25, -0.2) is 15.0 Å². The lowest BCUT2D eigenvalue weighted by Gasteiger charge is -2.13. The highest BCUT2D eigenvalue weighted by atomic mass is 15.0. The summed E-state index contributed by atoms with van der Waals surface area (Å²) in [4.78, 5) is 12.5. The number of hydrogen-bond donors (Lipinski definition) is 0. The van der Waals surface area contributed by atoms with Crippen LogP contribution in [0.4, 0.5) is 5.69 Å². The fraction of sp³-hybridized carbons (Fsp3) is 0.267. The van der Waals surface area contributed by atoms with Crippen LogP contribution in [0.15, 0.2) is 59.0 Å². The molecule has 2 aromatic rings. The molecule has 0 N–H and O–H groups in total. The van der Waals surface area contributed by atoms with Gasteiger partial charge in [0.1, 0.15) is 6.34 Å². The minimum absolute atomic E-state index is 0.413. The minimum Gasteiger partial charge on any atom is -0.334 e. The Hall–Kier alpha value is -2.23. The van der Waals surface area contributed by atoms with Crippen molar-refractivity contribution in [3.8, 4) is 0 Å². The molecule has 19 heavy (non-hydrogen) atoms. The molecular formula is C15H18N4. The molecule has 2 rings (SSSR count). The predicted octanol–water partition coefficient (Wildman–Crippen LogP) is 3.66. The summed E-state index contributed by atoms with van der Waals surface area (Å²) in [6.45, 7) is 2.16. The van der Waals surface area contributed by atoms with Crippen molar-refractivity contribution in [3.05, 3.63) is 49.1 Å². The number of nitrogens with zero attached hydrogens (tertiary/aromatic N) is 4. The van der Waals surface area contributed by atoms with E-state index in [1.807, 2.05) is 49.1 Å². The van der Waals surface area contributed by atoms with Crippen molar-refractivity contribution >= 4 is 18.2 Å². The van der Waals surface area contributed by atoms with E-state index < -0.39 is 0 Å². The Bertz CT molecular complexity index is 514. The zero-order valence-electron chi connectivity index (χ0n) is 11.1. The number of hydrogen-bond acceptors (Lipinski definition) is 2. The van der Waals surface area contributed by atoms with Gasteiger partial charge >= 0.3 is 0 Å². The molecule has 0 saturated heterocycles. The molecule has 1 heterocycles. The van der Waals surface area contributed by atoms with Crippen LogP contribution in [0.5, 0.6) is 0 Å². The van der Waals surface area contributed by atoms with Crippen molar-refractivity contribution in [2.24, 2.45) is 9.98 Å². The van der Waals surface area contributed by atoms with Crippen molar-refractivity contribution in [2.75, 3.05) is 0 Å². The lowest BCUT2D eigenvalue weighted by atomic mass is 10.1. The van der Waals surface area contributed by atoms with Gasteiger partial charge in [-0.1, -0.05) is 25.1 Å². The maximum Gasteiger partial charge on any atom is 0.115 e. The SMILES string of the molecule is CCC(CC=NC=Nc1ccccc1)n1ccnc1. The Morgan fingerprint density at radius 1 is 1.32 bits per heavy atom. The Morgan fingerprint density at radius 2 is 2.16 bits per heavy atom. The number of benzene rings is 1. The lowest BCUT2D eigenvalue weighted by Crippen LogP contribution is -2.06. The van der Waals surface area contributed by atoms with Gasteiger partial charge < -0.3 is 4.57 Å². The highest BCUT2D eigenvalue weighted by molar-refractivity contribution is 5.74. The van der Waals surface area contributed by atoms with Crippen molar-refractivity contribution in [1.82, 2.24) is 9.55 Å². The molecule has 0 bridgehead atoms. The van der Waals surface area contributed by atoms with Crippen LogP contribution in [0.1, 0.15) is 25.8 Å². The van der Waals surface area contributed by atoms with Crippen LogP contribution in [0, 0.1) is 0 Å². The maximum absolute atomic E-state index is 4.25. The van der Waals surface area contributed by atoms with E-state index in [1.165, 1.54) is 0 Å².